The Hall–Kier alpha value is -1.42. The van der Waals surface area contributed by atoms with Gasteiger partial charge in [-0.2, -0.15) is 8.42 Å². The first-order chi connectivity index (χ1) is 36.0. The highest BCUT2D eigenvalue weighted by molar-refractivity contribution is 7.80. The van der Waals surface area contributed by atoms with Gasteiger partial charge < -0.3 is 35.2 Å². The molecule has 7 atom stereocenters. The molecule has 1 heterocycles. The molecule has 438 valence electrons. The standard InChI is InChI=1S/C61H117NO11S/c1-3-5-7-9-11-13-15-17-18-19-20-21-22-23-24-25-26-27-28-29-30-31-32-33-34-35-36-37-38-39-41-43-45-47-49-51-57(65)62-54(55(64)50-48-46-44-42-40-16-14-12-10-8-6-4-2)53-71-61-59(67)60(73-74(68,69)70)58(66)56(52-63)72-61/h25-26,48,50,54-56,58-61,63-64,66-67H,3-24,27-47,49,51-53H2,1-2H3,(H,62,65)(H,68,69,70)/b26-25-,50-48+. The van der Waals surface area contributed by atoms with E-state index in [1.54, 1.807) is 6.08 Å². The maximum atomic E-state index is 13.1. The summed E-state index contributed by atoms with van der Waals surface area (Å²) < 4.78 is 47.8. The lowest BCUT2D eigenvalue weighted by atomic mass is 9.99. The third-order valence-corrected chi connectivity index (χ3v) is 15.4. The van der Waals surface area contributed by atoms with Gasteiger partial charge >= 0.3 is 10.4 Å². The van der Waals surface area contributed by atoms with E-state index in [1.807, 2.05) is 6.08 Å². The van der Waals surface area contributed by atoms with Crippen LogP contribution in [0.4, 0.5) is 0 Å². The van der Waals surface area contributed by atoms with E-state index in [0.29, 0.717) is 6.42 Å². The van der Waals surface area contributed by atoms with Crippen LogP contribution in [-0.2, 0) is 28.9 Å². The molecule has 74 heavy (non-hydrogen) atoms. The molecule has 13 heteroatoms. The van der Waals surface area contributed by atoms with Crippen molar-refractivity contribution in [3.05, 3.63) is 24.3 Å². The number of hydrogen-bond donors (Lipinski definition) is 6. The number of rotatable bonds is 55. The number of aliphatic hydroxyl groups is 4. The van der Waals surface area contributed by atoms with Crippen molar-refractivity contribution in [3.8, 4) is 0 Å². The smallest absolute Gasteiger partial charge is 0.394 e. The number of aliphatic hydroxyl groups excluding tert-OH is 4. The van der Waals surface area contributed by atoms with E-state index in [1.165, 1.54) is 238 Å². The first-order valence-electron chi connectivity index (χ1n) is 31.2. The molecular formula is C61H117NO11S. The number of amides is 1. The number of unbranched alkanes of at least 4 members (excludes halogenated alkanes) is 41. The van der Waals surface area contributed by atoms with Crippen LogP contribution in [0.1, 0.15) is 303 Å². The molecule has 1 saturated heterocycles. The fourth-order valence-electron chi connectivity index (χ4n) is 10.2. The van der Waals surface area contributed by atoms with Crippen molar-refractivity contribution in [2.24, 2.45) is 0 Å². The number of carbonyl (C=O) groups is 1. The van der Waals surface area contributed by atoms with Gasteiger partial charge in [0.15, 0.2) is 6.29 Å². The van der Waals surface area contributed by atoms with Crippen LogP contribution in [0.15, 0.2) is 24.3 Å². The fourth-order valence-corrected chi connectivity index (χ4v) is 10.7. The van der Waals surface area contributed by atoms with Crippen molar-refractivity contribution in [3.63, 3.8) is 0 Å². The van der Waals surface area contributed by atoms with E-state index in [9.17, 15) is 38.2 Å². The maximum absolute atomic E-state index is 13.1. The predicted molar refractivity (Wildman–Crippen MR) is 305 cm³/mol. The van der Waals surface area contributed by atoms with Crippen molar-refractivity contribution in [2.45, 2.75) is 346 Å². The summed E-state index contributed by atoms with van der Waals surface area (Å²) in [4.78, 5) is 13.1. The van der Waals surface area contributed by atoms with Crippen LogP contribution < -0.4 is 5.32 Å². The van der Waals surface area contributed by atoms with Crippen molar-refractivity contribution in [2.75, 3.05) is 13.2 Å². The Morgan fingerprint density at radius 1 is 0.527 bits per heavy atom. The predicted octanol–water partition coefficient (Wildman–Crippen LogP) is 15.2. The van der Waals surface area contributed by atoms with Crippen LogP contribution in [0.5, 0.6) is 0 Å². The molecule has 1 amide bonds. The molecule has 1 aliphatic rings. The summed E-state index contributed by atoms with van der Waals surface area (Å²) in [6, 6.07) is -0.941. The first-order valence-corrected chi connectivity index (χ1v) is 32.6. The number of allylic oxidation sites excluding steroid dienone is 3. The molecule has 7 unspecified atom stereocenters. The zero-order chi connectivity index (χ0) is 54.0. The monoisotopic (exact) mass is 1070 g/mol. The third-order valence-electron chi connectivity index (χ3n) is 15.0. The molecule has 12 nitrogen and oxygen atoms in total. The zero-order valence-corrected chi connectivity index (χ0v) is 48.5. The molecule has 0 saturated carbocycles. The van der Waals surface area contributed by atoms with Crippen LogP contribution >= 0.6 is 0 Å². The highest BCUT2D eigenvalue weighted by Gasteiger charge is 2.48. The Kier molecular flexibility index (Phi) is 48.7. The summed E-state index contributed by atoms with van der Waals surface area (Å²) in [5.74, 6) is -0.259. The Balaban J connectivity index is 2.17. The first kappa shape index (κ1) is 70.6. The number of carbonyl (C=O) groups excluding carboxylic acids is 1. The highest BCUT2D eigenvalue weighted by Crippen LogP contribution is 2.26. The molecule has 1 fully saturated rings. The van der Waals surface area contributed by atoms with E-state index in [2.05, 4.69) is 35.5 Å². The minimum Gasteiger partial charge on any atom is -0.394 e. The minimum atomic E-state index is -5.09. The van der Waals surface area contributed by atoms with E-state index in [0.717, 1.165) is 38.5 Å². The second-order valence-electron chi connectivity index (χ2n) is 22.0. The SMILES string of the molecule is CCCCCCCCCCCC/C=C/C(O)C(COC1OC(CO)C(O)C(OS(=O)(=O)O)C1O)NC(=O)CCCCCCCCCCCCCCCCCCC/C=C\CCCCCCCCCCCCCCCC. The average molecular weight is 1070 g/mol. The normalized spacial score (nSPS) is 19.3. The lowest BCUT2D eigenvalue weighted by molar-refractivity contribution is -0.298. The Bertz CT molecular complexity index is 1400. The van der Waals surface area contributed by atoms with E-state index >= 15 is 0 Å². The lowest BCUT2D eigenvalue weighted by Crippen LogP contribution is -2.61. The number of nitrogens with one attached hydrogen (secondary N) is 1. The van der Waals surface area contributed by atoms with Gasteiger partial charge in [-0.3, -0.25) is 9.35 Å². The summed E-state index contributed by atoms with van der Waals surface area (Å²) in [6.45, 7) is 3.41. The van der Waals surface area contributed by atoms with Gasteiger partial charge in [-0.15, -0.1) is 0 Å². The van der Waals surface area contributed by atoms with Crippen molar-refractivity contribution in [1.29, 1.82) is 0 Å². The van der Waals surface area contributed by atoms with Crippen molar-refractivity contribution in [1.82, 2.24) is 5.32 Å². The molecule has 1 rings (SSSR count). The quantitative estimate of drug-likeness (QED) is 0.0193. The summed E-state index contributed by atoms with van der Waals surface area (Å²) in [6.07, 6.45) is 55.5. The molecule has 6 N–H and O–H groups in total. The summed E-state index contributed by atoms with van der Waals surface area (Å²) >= 11 is 0. The molecule has 0 spiro atoms. The van der Waals surface area contributed by atoms with Crippen LogP contribution in [0.25, 0.3) is 0 Å². The molecule has 0 aromatic rings. The van der Waals surface area contributed by atoms with Gasteiger partial charge in [0, 0.05) is 6.42 Å². The zero-order valence-electron chi connectivity index (χ0n) is 47.7. The van der Waals surface area contributed by atoms with Crippen molar-refractivity contribution >= 4 is 16.3 Å². The molecule has 0 aromatic carbocycles. The third kappa shape index (κ3) is 42.6. The maximum Gasteiger partial charge on any atom is 0.397 e. The van der Waals surface area contributed by atoms with Gasteiger partial charge in [0.05, 0.1) is 25.4 Å². The van der Waals surface area contributed by atoms with Crippen LogP contribution in [0, 0.1) is 0 Å². The number of ether oxygens (including phenoxy) is 2. The topological polar surface area (TPSA) is 192 Å². The highest BCUT2D eigenvalue weighted by atomic mass is 32.3. The Morgan fingerprint density at radius 3 is 1.22 bits per heavy atom. The molecule has 0 aromatic heterocycles. The van der Waals surface area contributed by atoms with Crippen LogP contribution in [-0.4, -0.2) is 95.4 Å². The molecule has 0 radical (unpaired) electrons. The molecule has 0 bridgehead atoms. The van der Waals surface area contributed by atoms with Crippen LogP contribution in [0.3, 0.4) is 0 Å². The summed E-state index contributed by atoms with van der Waals surface area (Å²) in [7, 11) is -5.09. The summed E-state index contributed by atoms with van der Waals surface area (Å²) in [5, 5.41) is 44.9. The summed E-state index contributed by atoms with van der Waals surface area (Å²) in [5.41, 5.74) is 0. The molecule has 1 aliphatic heterocycles. The molecule has 0 aliphatic carbocycles. The fraction of sp³-hybridized carbons (Fsp3) is 0.918. The molecular weight excluding hydrogens is 955 g/mol. The second kappa shape index (κ2) is 51.0. The van der Waals surface area contributed by atoms with Gasteiger partial charge in [-0.05, 0) is 44.9 Å². The van der Waals surface area contributed by atoms with E-state index < -0.39 is 59.9 Å². The van der Waals surface area contributed by atoms with Gasteiger partial charge in [0.2, 0.25) is 5.91 Å². The van der Waals surface area contributed by atoms with Crippen molar-refractivity contribution < 1.29 is 51.8 Å². The van der Waals surface area contributed by atoms with Gasteiger partial charge in [-0.1, -0.05) is 276 Å². The Labute approximate surface area is 454 Å². The van der Waals surface area contributed by atoms with Gasteiger partial charge in [0.1, 0.15) is 24.4 Å². The number of hydrogen-bond acceptors (Lipinski definition) is 10. The lowest BCUT2D eigenvalue weighted by Gasteiger charge is -2.41. The average Bonchev–Trinajstić information content (AvgIpc) is 3.38. The van der Waals surface area contributed by atoms with Crippen LogP contribution in [0.2, 0.25) is 0 Å². The Morgan fingerprint density at radius 2 is 0.865 bits per heavy atom. The minimum absolute atomic E-state index is 0.259. The van der Waals surface area contributed by atoms with Gasteiger partial charge in [-0.25, -0.2) is 4.18 Å². The largest absolute Gasteiger partial charge is 0.397 e. The second-order valence-corrected chi connectivity index (χ2v) is 23.0. The van der Waals surface area contributed by atoms with Gasteiger partial charge in [0.25, 0.3) is 0 Å². The van der Waals surface area contributed by atoms with E-state index in [-0.39, 0.29) is 18.9 Å². The van der Waals surface area contributed by atoms with E-state index in [4.69, 9.17) is 9.47 Å².